The van der Waals surface area contributed by atoms with Crippen molar-refractivity contribution in [1.29, 1.82) is 0 Å². The highest BCUT2D eigenvalue weighted by atomic mass is 16.3. The molecule has 1 rings (SSSR count). The van der Waals surface area contributed by atoms with Gasteiger partial charge in [-0.15, -0.1) is 0 Å². The average molecular weight is 154 g/mol. The van der Waals surface area contributed by atoms with E-state index < -0.39 is 0 Å². The Morgan fingerprint density at radius 1 is 1.73 bits per heavy atom. The number of nitrogens with two attached hydrogens (primary N) is 1. The molecular formula is C8H14N2O. The standard InChI is InChI=1S/C8H14N2O/c1-3-6(2)8(9)7-4-11-5-10-7/h4-6,8H,3,9H2,1-2H3. The second-order valence-electron chi connectivity index (χ2n) is 2.82. The van der Waals surface area contributed by atoms with E-state index in [1.807, 2.05) is 0 Å². The lowest BCUT2D eigenvalue weighted by atomic mass is 9.98. The minimum Gasteiger partial charge on any atom is -0.451 e. The minimum atomic E-state index is 0.0127. The zero-order chi connectivity index (χ0) is 8.27. The van der Waals surface area contributed by atoms with Crippen LogP contribution < -0.4 is 5.73 Å². The van der Waals surface area contributed by atoms with Crippen molar-refractivity contribution in [2.45, 2.75) is 26.3 Å². The van der Waals surface area contributed by atoms with E-state index in [4.69, 9.17) is 10.2 Å². The monoisotopic (exact) mass is 154 g/mol. The number of aromatic nitrogens is 1. The van der Waals surface area contributed by atoms with Gasteiger partial charge < -0.3 is 10.2 Å². The Morgan fingerprint density at radius 2 is 2.45 bits per heavy atom. The third-order valence-corrected chi connectivity index (χ3v) is 2.05. The fourth-order valence-corrected chi connectivity index (χ4v) is 0.932. The Labute approximate surface area is 66.6 Å². The van der Waals surface area contributed by atoms with Crippen LogP contribution >= 0.6 is 0 Å². The normalized spacial score (nSPS) is 16.3. The zero-order valence-corrected chi connectivity index (χ0v) is 6.95. The molecule has 0 fully saturated rings. The van der Waals surface area contributed by atoms with Gasteiger partial charge in [-0.3, -0.25) is 0 Å². The topological polar surface area (TPSA) is 52.0 Å². The molecule has 1 aromatic rings. The van der Waals surface area contributed by atoms with Gasteiger partial charge in [-0.2, -0.15) is 0 Å². The minimum absolute atomic E-state index is 0.0127. The molecule has 2 unspecified atom stereocenters. The predicted octanol–water partition coefficient (Wildman–Crippen LogP) is 1.72. The van der Waals surface area contributed by atoms with Crippen LogP contribution in [0.4, 0.5) is 0 Å². The lowest BCUT2D eigenvalue weighted by Crippen LogP contribution is -2.18. The van der Waals surface area contributed by atoms with Crippen LogP contribution in [0.15, 0.2) is 17.1 Å². The molecule has 3 heteroatoms. The van der Waals surface area contributed by atoms with E-state index in [0.717, 1.165) is 12.1 Å². The summed E-state index contributed by atoms with van der Waals surface area (Å²) < 4.78 is 4.84. The molecule has 0 aliphatic carbocycles. The fraction of sp³-hybridized carbons (Fsp3) is 0.625. The molecule has 0 saturated heterocycles. The summed E-state index contributed by atoms with van der Waals surface area (Å²) in [5, 5.41) is 0. The van der Waals surface area contributed by atoms with Crippen LogP contribution in [0.25, 0.3) is 0 Å². The molecule has 2 N–H and O–H groups in total. The number of hydrogen-bond acceptors (Lipinski definition) is 3. The molecule has 11 heavy (non-hydrogen) atoms. The summed E-state index contributed by atoms with van der Waals surface area (Å²) in [7, 11) is 0. The third-order valence-electron chi connectivity index (χ3n) is 2.05. The van der Waals surface area contributed by atoms with Crippen LogP contribution in [0.5, 0.6) is 0 Å². The Bertz CT molecular complexity index is 196. The van der Waals surface area contributed by atoms with Crippen LogP contribution in [0, 0.1) is 5.92 Å². The smallest absolute Gasteiger partial charge is 0.180 e. The molecule has 0 aliphatic heterocycles. The summed E-state index contributed by atoms with van der Waals surface area (Å²) in [5.41, 5.74) is 6.72. The van der Waals surface area contributed by atoms with Gasteiger partial charge in [-0.05, 0) is 5.92 Å². The van der Waals surface area contributed by atoms with Gasteiger partial charge in [0.25, 0.3) is 0 Å². The molecule has 0 spiro atoms. The van der Waals surface area contributed by atoms with E-state index in [-0.39, 0.29) is 6.04 Å². The summed E-state index contributed by atoms with van der Waals surface area (Å²) >= 11 is 0. The van der Waals surface area contributed by atoms with Gasteiger partial charge in [0.1, 0.15) is 6.26 Å². The molecule has 3 nitrogen and oxygen atoms in total. The lowest BCUT2D eigenvalue weighted by Gasteiger charge is -2.14. The number of hydrogen-bond donors (Lipinski definition) is 1. The Balaban J connectivity index is 2.62. The van der Waals surface area contributed by atoms with Crippen LogP contribution in [0.3, 0.4) is 0 Å². The summed E-state index contributed by atoms with van der Waals surface area (Å²) in [6, 6.07) is 0.0127. The van der Waals surface area contributed by atoms with Crippen molar-refractivity contribution in [3.05, 3.63) is 18.4 Å². The van der Waals surface area contributed by atoms with Crippen LogP contribution in [-0.4, -0.2) is 4.98 Å². The average Bonchev–Trinajstić information content (AvgIpc) is 2.53. The van der Waals surface area contributed by atoms with Crippen LogP contribution in [0.1, 0.15) is 32.0 Å². The summed E-state index contributed by atoms with van der Waals surface area (Å²) in [6.45, 7) is 4.23. The van der Waals surface area contributed by atoms with Crippen molar-refractivity contribution in [2.24, 2.45) is 11.7 Å². The molecule has 0 saturated carbocycles. The first kappa shape index (κ1) is 8.27. The van der Waals surface area contributed by atoms with Crippen LogP contribution in [-0.2, 0) is 0 Å². The molecule has 62 valence electrons. The van der Waals surface area contributed by atoms with Crippen molar-refractivity contribution in [3.8, 4) is 0 Å². The van der Waals surface area contributed by atoms with Gasteiger partial charge in [0, 0.05) is 0 Å². The highest BCUT2D eigenvalue weighted by molar-refractivity contribution is 4.99. The summed E-state index contributed by atoms with van der Waals surface area (Å²) in [6.07, 6.45) is 4.09. The largest absolute Gasteiger partial charge is 0.451 e. The van der Waals surface area contributed by atoms with Gasteiger partial charge in [0.05, 0.1) is 11.7 Å². The fourth-order valence-electron chi connectivity index (χ4n) is 0.932. The van der Waals surface area contributed by atoms with Gasteiger partial charge in [-0.1, -0.05) is 20.3 Å². The molecular weight excluding hydrogens is 140 g/mol. The Kier molecular flexibility index (Phi) is 2.65. The molecule has 0 bridgehead atoms. The molecule has 0 aliphatic rings. The van der Waals surface area contributed by atoms with E-state index in [9.17, 15) is 0 Å². The summed E-state index contributed by atoms with van der Waals surface area (Å²) in [5.74, 6) is 0.458. The summed E-state index contributed by atoms with van der Waals surface area (Å²) in [4.78, 5) is 3.99. The maximum absolute atomic E-state index is 5.87. The molecule has 0 aromatic carbocycles. The van der Waals surface area contributed by atoms with E-state index in [0.29, 0.717) is 5.92 Å². The van der Waals surface area contributed by atoms with E-state index in [2.05, 4.69) is 18.8 Å². The van der Waals surface area contributed by atoms with Crippen molar-refractivity contribution in [2.75, 3.05) is 0 Å². The first-order valence-electron chi connectivity index (χ1n) is 3.89. The third kappa shape index (κ3) is 1.80. The first-order chi connectivity index (χ1) is 5.25. The van der Waals surface area contributed by atoms with Gasteiger partial charge in [0.15, 0.2) is 6.39 Å². The van der Waals surface area contributed by atoms with Crippen molar-refractivity contribution in [1.82, 2.24) is 4.98 Å². The van der Waals surface area contributed by atoms with E-state index in [1.54, 1.807) is 6.26 Å². The highest BCUT2D eigenvalue weighted by Crippen LogP contribution is 2.19. The van der Waals surface area contributed by atoms with E-state index >= 15 is 0 Å². The van der Waals surface area contributed by atoms with E-state index in [1.165, 1.54) is 6.39 Å². The SMILES string of the molecule is CCC(C)C(N)c1cocn1. The zero-order valence-electron chi connectivity index (χ0n) is 6.95. The second kappa shape index (κ2) is 3.53. The van der Waals surface area contributed by atoms with Crippen LogP contribution in [0.2, 0.25) is 0 Å². The highest BCUT2D eigenvalue weighted by Gasteiger charge is 2.14. The Hall–Kier alpha value is -0.830. The van der Waals surface area contributed by atoms with Gasteiger partial charge >= 0.3 is 0 Å². The predicted molar refractivity (Wildman–Crippen MR) is 42.9 cm³/mol. The Morgan fingerprint density at radius 3 is 2.91 bits per heavy atom. The van der Waals surface area contributed by atoms with Crippen molar-refractivity contribution >= 4 is 0 Å². The first-order valence-corrected chi connectivity index (χ1v) is 3.89. The number of nitrogens with zero attached hydrogens (tertiary/aromatic N) is 1. The second-order valence-corrected chi connectivity index (χ2v) is 2.82. The molecule has 0 amide bonds. The maximum atomic E-state index is 5.87. The molecule has 1 heterocycles. The van der Waals surface area contributed by atoms with Gasteiger partial charge in [-0.25, -0.2) is 4.98 Å². The number of rotatable bonds is 3. The van der Waals surface area contributed by atoms with Crippen molar-refractivity contribution < 1.29 is 4.42 Å². The van der Waals surface area contributed by atoms with Gasteiger partial charge in [0.2, 0.25) is 0 Å². The molecule has 1 aromatic heterocycles. The molecule has 2 atom stereocenters. The molecule has 0 radical (unpaired) electrons. The number of oxazole rings is 1. The van der Waals surface area contributed by atoms with Crippen molar-refractivity contribution in [3.63, 3.8) is 0 Å². The maximum Gasteiger partial charge on any atom is 0.180 e. The quantitative estimate of drug-likeness (QED) is 0.721. The lowest BCUT2D eigenvalue weighted by molar-refractivity contribution is 0.446.